The van der Waals surface area contributed by atoms with Crippen LogP contribution in [0.3, 0.4) is 0 Å². The third-order valence-corrected chi connectivity index (χ3v) is 5.34. The third kappa shape index (κ3) is 3.47. The average Bonchev–Trinajstić information content (AvgIpc) is 3.14. The number of nitrogens with zero attached hydrogens (tertiary/aromatic N) is 2. The van der Waals surface area contributed by atoms with Crippen LogP contribution in [-0.2, 0) is 0 Å². The summed E-state index contributed by atoms with van der Waals surface area (Å²) in [6, 6.07) is 14.3. The van der Waals surface area contributed by atoms with Gasteiger partial charge in [0.25, 0.3) is 5.89 Å². The molecule has 0 atom stereocenters. The molecule has 25 heavy (non-hydrogen) atoms. The van der Waals surface area contributed by atoms with E-state index in [1.54, 1.807) is 0 Å². The summed E-state index contributed by atoms with van der Waals surface area (Å²) in [6.45, 7) is 2.01. The molecule has 0 aliphatic heterocycles. The molecule has 0 spiro atoms. The lowest BCUT2D eigenvalue weighted by molar-refractivity contribution is 0.432. The van der Waals surface area contributed by atoms with Gasteiger partial charge in [0.05, 0.1) is 0 Å². The first-order chi connectivity index (χ1) is 12.2. The first-order valence-corrected chi connectivity index (χ1v) is 9.29. The van der Waals surface area contributed by atoms with Crippen LogP contribution in [0.4, 0.5) is 0 Å². The molecule has 3 aromatic rings. The first kappa shape index (κ1) is 16.3. The Labute approximate surface area is 153 Å². The zero-order valence-corrected chi connectivity index (χ0v) is 15.1. The van der Waals surface area contributed by atoms with E-state index < -0.39 is 0 Å². The van der Waals surface area contributed by atoms with Gasteiger partial charge in [-0.3, -0.25) is 0 Å². The molecule has 0 N–H and O–H groups in total. The van der Waals surface area contributed by atoms with Crippen LogP contribution in [0.15, 0.2) is 47.0 Å². The molecular weight excluding hydrogens is 332 g/mol. The minimum atomic E-state index is 0.546. The van der Waals surface area contributed by atoms with Crippen LogP contribution in [0.5, 0.6) is 0 Å². The summed E-state index contributed by atoms with van der Waals surface area (Å²) in [5.41, 5.74) is 4.36. The molecule has 0 saturated heterocycles. The number of halogens is 1. The highest BCUT2D eigenvalue weighted by atomic mass is 35.5. The van der Waals surface area contributed by atoms with Crippen LogP contribution in [-0.4, -0.2) is 10.1 Å². The molecule has 1 heterocycles. The second-order valence-corrected chi connectivity index (χ2v) is 7.28. The fourth-order valence-electron chi connectivity index (χ4n) is 3.62. The van der Waals surface area contributed by atoms with Crippen molar-refractivity contribution in [2.75, 3.05) is 0 Å². The molecule has 128 valence electrons. The number of benzene rings is 2. The second-order valence-electron chi connectivity index (χ2n) is 6.84. The molecule has 4 rings (SSSR count). The van der Waals surface area contributed by atoms with E-state index in [9.17, 15) is 0 Å². The van der Waals surface area contributed by atoms with Gasteiger partial charge in [0, 0.05) is 16.1 Å². The molecule has 0 bridgehead atoms. The average molecular weight is 353 g/mol. The number of aromatic nitrogens is 2. The van der Waals surface area contributed by atoms with Crippen LogP contribution in [0, 0.1) is 6.92 Å². The standard InChI is InChI=1S/C21H21ClN2O/c1-14-7-12-18(22)13-19(14)20-23-21(25-24-20)17-10-8-16(9-11-17)15-5-3-2-4-6-15/h7-13,15H,2-6H2,1H3. The van der Waals surface area contributed by atoms with Gasteiger partial charge in [0.1, 0.15) is 0 Å². The minimum Gasteiger partial charge on any atom is -0.334 e. The molecule has 0 amide bonds. The Morgan fingerprint density at radius 3 is 2.52 bits per heavy atom. The van der Waals surface area contributed by atoms with E-state index in [2.05, 4.69) is 34.4 Å². The summed E-state index contributed by atoms with van der Waals surface area (Å²) in [4.78, 5) is 4.56. The molecule has 3 nitrogen and oxygen atoms in total. The van der Waals surface area contributed by atoms with E-state index in [4.69, 9.17) is 16.1 Å². The van der Waals surface area contributed by atoms with Gasteiger partial charge < -0.3 is 4.52 Å². The van der Waals surface area contributed by atoms with Crippen molar-refractivity contribution >= 4 is 11.6 Å². The van der Waals surface area contributed by atoms with Crippen molar-refractivity contribution in [3.63, 3.8) is 0 Å². The van der Waals surface area contributed by atoms with Gasteiger partial charge in [0.2, 0.25) is 5.82 Å². The van der Waals surface area contributed by atoms with Gasteiger partial charge in [-0.2, -0.15) is 4.98 Å². The normalized spacial score (nSPS) is 15.4. The molecule has 1 aliphatic carbocycles. The van der Waals surface area contributed by atoms with Crippen molar-refractivity contribution in [3.05, 3.63) is 58.6 Å². The van der Waals surface area contributed by atoms with E-state index in [0.29, 0.717) is 22.7 Å². The lowest BCUT2D eigenvalue weighted by atomic mass is 9.84. The van der Waals surface area contributed by atoms with Crippen LogP contribution in [0.1, 0.15) is 49.1 Å². The van der Waals surface area contributed by atoms with Gasteiger partial charge in [-0.25, -0.2) is 0 Å². The highest BCUT2D eigenvalue weighted by Gasteiger charge is 2.17. The van der Waals surface area contributed by atoms with Gasteiger partial charge in [-0.15, -0.1) is 0 Å². The summed E-state index contributed by atoms with van der Waals surface area (Å²) >= 11 is 6.10. The Balaban J connectivity index is 1.58. The van der Waals surface area contributed by atoms with Gasteiger partial charge in [0.15, 0.2) is 0 Å². The highest BCUT2D eigenvalue weighted by Crippen LogP contribution is 2.33. The number of aryl methyl sites for hydroxylation is 1. The van der Waals surface area contributed by atoms with E-state index in [1.807, 2.05) is 25.1 Å². The van der Waals surface area contributed by atoms with Crippen molar-refractivity contribution in [3.8, 4) is 22.8 Å². The molecule has 0 radical (unpaired) electrons. The SMILES string of the molecule is Cc1ccc(Cl)cc1-c1noc(-c2ccc(C3CCCCC3)cc2)n1. The van der Waals surface area contributed by atoms with Gasteiger partial charge >= 0.3 is 0 Å². The predicted molar refractivity (Wildman–Crippen MR) is 101 cm³/mol. The Kier molecular flexibility index (Phi) is 4.58. The zero-order chi connectivity index (χ0) is 17.2. The third-order valence-electron chi connectivity index (χ3n) is 5.10. The summed E-state index contributed by atoms with van der Waals surface area (Å²) in [5.74, 6) is 1.83. The maximum absolute atomic E-state index is 6.10. The smallest absolute Gasteiger partial charge is 0.258 e. The van der Waals surface area contributed by atoms with Crippen molar-refractivity contribution in [2.45, 2.75) is 44.9 Å². The topological polar surface area (TPSA) is 38.9 Å². The van der Waals surface area contributed by atoms with E-state index in [0.717, 1.165) is 16.7 Å². The monoisotopic (exact) mass is 352 g/mol. The molecule has 1 saturated carbocycles. The molecule has 1 aliphatic rings. The van der Waals surface area contributed by atoms with E-state index >= 15 is 0 Å². The van der Waals surface area contributed by atoms with Gasteiger partial charge in [-0.05, 0) is 61.1 Å². The van der Waals surface area contributed by atoms with Crippen LogP contribution >= 0.6 is 11.6 Å². The zero-order valence-electron chi connectivity index (χ0n) is 14.3. The molecular formula is C21H21ClN2O. The molecule has 1 aromatic heterocycles. The maximum atomic E-state index is 6.10. The second kappa shape index (κ2) is 7.01. The lowest BCUT2D eigenvalue weighted by Gasteiger charge is -2.21. The van der Waals surface area contributed by atoms with Crippen molar-refractivity contribution in [1.29, 1.82) is 0 Å². The largest absolute Gasteiger partial charge is 0.334 e. The molecule has 4 heteroatoms. The number of hydrogen-bond donors (Lipinski definition) is 0. The summed E-state index contributed by atoms with van der Waals surface area (Å²) in [6.07, 6.45) is 6.68. The molecule has 2 aromatic carbocycles. The summed E-state index contributed by atoms with van der Waals surface area (Å²) in [5, 5.41) is 4.80. The lowest BCUT2D eigenvalue weighted by Crippen LogP contribution is -2.04. The Hall–Kier alpha value is -2.13. The van der Waals surface area contributed by atoms with Crippen molar-refractivity contribution in [1.82, 2.24) is 10.1 Å². The quantitative estimate of drug-likeness (QED) is 0.546. The molecule has 1 fully saturated rings. The van der Waals surface area contributed by atoms with E-state index in [-0.39, 0.29) is 0 Å². The summed E-state index contributed by atoms with van der Waals surface area (Å²) in [7, 11) is 0. The van der Waals surface area contributed by atoms with Crippen LogP contribution < -0.4 is 0 Å². The number of hydrogen-bond acceptors (Lipinski definition) is 3. The van der Waals surface area contributed by atoms with Crippen LogP contribution in [0.25, 0.3) is 22.8 Å². The Bertz CT molecular complexity index is 864. The van der Waals surface area contributed by atoms with Crippen molar-refractivity contribution < 1.29 is 4.52 Å². The highest BCUT2D eigenvalue weighted by molar-refractivity contribution is 6.30. The summed E-state index contributed by atoms with van der Waals surface area (Å²) < 4.78 is 5.48. The number of rotatable bonds is 3. The van der Waals surface area contributed by atoms with Crippen molar-refractivity contribution in [2.24, 2.45) is 0 Å². The van der Waals surface area contributed by atoms with Gasteiger partial charge in [-0.1, -0.05) is 54.2 Å². The fourth-order valence-corrected chi connectivity index (χ4v) is 3.79. The maximum Gasteiger partial charge on any atom is 0.258 e. The van der Waals surface area contributed by atoms with Crippen LogP contribution in [0.2, 0.25) is 5.02 Å². The van der Waals surface area contributed by atoms with E-state index in [1.165, 1.54) is 37.7 Å². The predicted octanol–water partition coefficient (Wildman–Crippen LogP) is 6.41. The Morgan fingerprint density at radius 2 is 1.76 bits per heavy atom. The molecule has 0 unspecified atom stereocenters. The Morgan fingerprint density at radius 1 is 1.00 bits per heavy atom. The fraction of sp³-hybridized carbons (Fsp3) is 0.333. The minimum absolute atomic E-state index is 0.546. The first-order valence-electron chi connectivity index (χ1n) is 8.91.